The minimum absolute atomic E-state index is 0.506. The normalized spacial score (nSPS) is 19.5. The summed E-state index contributed by atoms with van der Waals surface area (Å²) in [6.07, 6.45) is 3.29. The molecule has 2 rings (SSSR count). The smallest absolute Gasteiger partial charge is 0.107 e. The Balaban J connectivity index is 2.35. The molecule has 1 fully saturated rings. The topological polar surface area (TPSA) is 29.3 Å². The van der Waals surface area contributed by atoms with Crippen LogP contribution in [0.2, 0.25) is 0 Å². The van der Waals surface area contributed by atoms with Gasteiger partial charge in [0.25, 0.3) is 0 Å². The maximum Gasteiger partial charge on any atom is 0.107 e. The van der Waals surface area contributed by atoms with Gasteiger partial charge in [-0.2, -0.15) is 11.8 Å². The molecule has 2 nitrogen and oxygen atoms in total. The molecule has 0 amide bonds. The highest BCUT2D eigenvalue weighted by molar-refractivity contribution is 8.00. The quantitative estimate of drug-likeness (QED) is 0.680. The van der Waals surface area contributed by atoms with Gasteiger partial charge in [0.05, 0.1) is 0 Å². The highest BCUT2D eigenvalue weighted by atomic mass is 32.2. The monoisotopic (exact) mass is 312 g/mol. The molecule has 1 saturated heterocycles. The van der Waals surface area contributed by atoms with E-state index in [1.54, 1.807) is 11.8 Å². The van der Waals surface area contributed by atoms with Crippen LogP contribution in [0.15, 0.2) is 23.1 Å². The van der Waals surface area contributed by atoms with Gasteiger partial charge in [0.15, 0.2) is 0 Å². The zero-order valence-corrected chi connectivity index (χ0v) is 13.8. The molecular formula is C14H20N2S3. The molecule has 1 aliphatic rings. The van der Waals surface area contributed by atoms with Crippen LogP contribution >= 0.6 is 35.7 Å². The average molecular weight is 313 g/mol. The van der Waals surface area contributed by atoms with Crippen molar-refractivity contribution in [2.45, 2.75) is 23.5 Å². The molecule has 2 N–H and O–H groups in total. The van der Waals surface area contributed by atoms with Crippen molar-refractivity contribution in [3.8, 4) is 0 Å². The van der Waals surface area contributed by atoms with Gasteiger partial charge in [-0.15, -0.1) is 11.8 Å². The highest BCUT2D eigenvalue weighted by Crippen LogP contribution is 2.32. The van der Waals surface area contributed by atoms with Crippen LogP contribution in [-0.2, 0) is 0 Å². The lowest BCUT2D eigenvalue weighted by molar-refractivity contribution is 0.727. The Morgan fingerprint density at radius 2 is 2.37 bits per heavy atom. The summed E-state index contributed by atoms with van der Waals surface area (Å²) < 4.78 is 0. The lowest BCUT2D eigenvalue weighted by Crippen LogP contribution is -2.38. The van der Waals surface area contributed by atoms with Crippen molar-refractivity contribution < 1.29 is 0 Å². The number of hydrogen-bond donors (Lipinski definition) is 1. The second-order valence-electron chi connectivity index (χ2n) is 4.57. The molecule has 0 spiro atoms. The summed E-state index contributed by atoms with van der Waals surface area (Å²) >= 11 is 9.05. The van der Waals surface area contributed by atoms with Gasteiger partial charge >= 0.3 is 0 Å². The number of thiocarbonyl (C=S) groups is 1. The number of thioether (sulfide) groups is 2. The van der Waals surface area contributed by atoms with Crippen LogP contribution in [0.25, 0.3) is 0 Å². The number of benzene rings is 1. The van der Waals surface area contributed by atoms with E-state index >= 15 is 0 Å². The Labute approximate surface area is 129 Å². The van der Waals surface area contributed by atoms with E-state index in [-0.39, 0.29) is 0 Å². The van der Waals surface area contributed by atoms with Crippen LogP contribution in [0.3, 0.4) is 0 Å². The average Bonchev–Trinajstić information content (AvgIpc) is 2.46. The molecule has 104 valence electrons. The number of nitrogens with two attached hydrogens (primary N) is 1. The Morgan fingerprint density at radius 3 is 3.00 bits per heavy atom. The van der Waals surface area contributed by atoms with Crippen molar-refractivity contribution >= 4 is 46.4 Å². The second kappa shape index (κ2) is 6.86. The van der Waals surface area contributed by atoms with Crippen molar-refractivity contribution in [3.05, 3.63) is 23.8 Å². The zero-order valence-electron chi connectivity index (χ0n) is 11.4. The molecule has 1 aromatic rings. The summed E-state index contributed by atoms with van der Waals surface area (Å²) in [5.74, 6) is 1.18. The molecule has 1 aromatic carbocycles. The van der Waals surface area contributed by atoms with Gasteiger partial charge < -0.3 is 10.6 Å². The van der Waals surface area contributed by atoms with Crippen LogP contribution in [-0.4, -0.2) is 35.3 Å². The predicted molar refractivity (Wildman–Crippen MR) is 92.9 cm³/mol. The van der Waals surface area contributed by atoms with Crippen LogP contribution in [0.4, 0.5) is 5.69 Å². The third-order valence-corrected chi connectivity index (χ3v) is 5.76. The van der Waals surface area contributed by atoms with Crippen molar-refractivity contribution in [2.75, 3.05) is 30.0 Å². The van der Waals surface area contributed by atoms with Gasteiger partial charge in [-0.3, -0.25) is 0 Å². The maximum atomic E-state index is 5.95. The van der Waals surface area contributed by atoms with Crippen molar-refractivity contribution in [3.63, 3.8) is 0 Å². The van der Waals surface area contributed by atoms with Crippen molar-refractivity contribution in [1.82, 2.24) is 0 Å². The molecule has 0 bridgehead atoms. The first kappa shape index (κ1) is 15.0. The van der Waals surface area contributed by atoms with E-state index in [1.165, 1.54) is 22.8 Å². The van der Waals surface area contributed by atoms with Gasteiger partial charge in [-0.1, -0.05) is 25.2 Å². The summed E-state index contributed by atoms with van der Waals surface area (Å²) in [5.41, 5.74) is 8.21. The summed E-state index contributed by atoms with van der Waals surface area (Å²) in [6.45, 7) is 4.43. The molecule has 5 heteroatoms. The lowest BCUT2D eigenvalue weighted by Gasteiger charge is -2.35. The van der Waals surface area contributed by atoms with Crippen molar-refractivity contribution in [1.29, 1.82) is 0 Å². The van der Waals surface area contributed by atoms with E-state index in [0.717, 1.165) is 18.7 Å². The van der Waals surface area contributed by atoms with Gasteiger partial charge in [-0.25, -0.2) is 0 Å². The van der Waals surface area contributed by atoms with Crippen LogP contribution in [0, 0.1) is 0 Å². The molecule has 1 aliphatic heterocycles. The number of hydrogen-bond acceptors (Lipinski definition) is 4. The molecule has 1 atom stereocenters. The molecule has 0 radical (unpaired) electrons. The minimum Gasteiger partial charge on any atom is -0.389 e. The summed E-state index contributed by atoms with van der Waals surface area (Å²) in [5, 5.41) is 0.714. The molecule has 0 aromatic heterocycles. The Kier molecular flexibility index (Phi) is 5.42. The Bertz CT molecular complexity index is 462. The molecule has 1 heterocycles. The third kappa shape index (κ3) is 3.38. The largest absolute Gasteiger partial charge is 0.389 e. The fourth-order valence-electron chi connectivity index (χ4n) is 2.39. The Hall–Kier alpha value is -0.390. The predicted octanol–water partition coefficient (Wildman–Crippen LogP) is 3.37. The van der Waals surface area contributed by atoms with Gasteiger partial charge in [-0.05, 0) is 24.8 Å². The van der Waals surface area contributed by atoms with Crippen LogP contribution in [0.5, 0.6) is 0 Å². The lowest BCUT2D eigenvalue weighted by atomic mass is 10.1. The standard InChI is InChI=1S/C14H20N2S3/c1-3-10-9-16(7-8-19-10)11-5-4-6-12(18-2)13(11)14(15)17/h4-6,10H,3,7-9H2,1-2H3,(H2,15,17). The van der Waals surface area contributed by atoms with Gasteiger partial charge in [0, 0.05) is 40.2 Å². The maximum absolute atomic E-state index is 5.95. The highest BCUT2D eigenvalue weighted by Gasteiger charge is 2.22. The van der Waals surface area contributed by atoms with E-state index in [0.29, 0.717) is 10.2 Å². The number of nitrogens with zero attached hydrogens (tertiary/aromatic N) is 1. The van der Waals surface area contributed by atoms with Gasteiger partial charge in [0.2, 0.25) is 0 Å². The molecule has 0 saturated carbocycles. The third-order valence-electron chi connectivity index (χ3n) is 3.41. The SMILES string of the molecule is CCC1CN(c2cccc(SC)c2C(N)=S)CCS1. The van der Waals surface area contributed by atoms with Crippen molar-refractivity contribution in [2.24, 2.45) is 5.73 Å². The molecule has 1 unspecified atom stereocenters. The molecule has 0 aliphatic carbocycles. The van der Waals surface area contributed by atoms with E-state index < -0.39 is 0 Å². The molecule has 19 heavy (non-hydrogen) atoms. The molecular weight excluding hydrogens is 292 g/mol. The summed E-state index contributed by atoms with van der Waals surface area (Å²) in [4.78, 5) is 4.13. The number of rotatable bonds is 4. The Morgan fingerprint density at radius 1 is 1.58 bits per heavy atom. The van der Waals surface area contributed by atoms with E-state index in [2.05, 4.69) is 48.0 Å². The first-order chi connectivity index (χ1) is 9.17. The van der Waals surface area contributed by atoms with Crippen LogP contribution in [0.1, 0.15) is 18.9 Å². The van der Waals surface area contributed by atoms with E-state index in [4.69, 9.17) is 18.0 Å². The van der Waals surface area contributed by atoms with E-state index in [9.17, 15) is 0 Å². The first-order valence-electron chi connectivity index (χ1n) is 6.50. The summed E-state index contributed by atoms with van der Waals surface area (Å²) in [6, 6.07) is 6.35. The van der Waals surface area contributed by atoms with E-state index in [1.807, 2.05) is 0 Å². The van der Waals surface area contributed by atoms with Gasteiger partial charge in [0.1, 0.15) is 4.99 Å². The fraction of sp³-hybridized carbons (Fsp3) is 0.500. The first-order valence-corrected chi connectivity index (χ1v) is 9.18. The minimum atomic E-state index is 0.506. The van der Waals surface area contributed by atoms with Crippen LogP contribution < -0.4 is 10.6 Å². The second-order valence-corrected chi connectivity index (χ2v) is 7.26. The fourth-order valence-corrected chi connectivity index (χ4v) is 4.48. The zero-order chi connectivity index (χ0) is 13.8. The number of anilines is 1. The summed E-state index contributed by atoms with van der Waals surface area (Å²) in [7, 11) is 0.